The summed E-state index contributed by atoms with van der Waals surface area (Å²) in [5.74, 6) is 1.60. The van der Waals surface area contributed by atoms with Gasteiger partial charge >= 0.3 is 5.97 Å². The van der Waals surface area contributed by atoms with Gasteiger partial charge in [-0.2, -0.15) is 0 Å². The van der Waals surface area contributed by atoms with Crippen LogP contribution in [0.3, 0.4) is 0 Å². The van der Waals surface area contributed by atoms with Gasteiger partial charge in [-0.1, -0.05) is 42.5 Å². The van der Waals surface area contributed by atoms with Crippen LogP contribution in [0.1, 0.15) is 5.56 Å². The van der Waals surface area contributed by atoms with E-state index in [-0.39, 0.29) is 6.42 Å². The van der Waals surface area contributed by atoms with Gasteiger partial charge in [-0.05, 0) is 30.3 Å². The topological polar surface area (TPSA) is 55.8 Å². The Morgan fingerprint density at radius 3 is 2.12 bits per heavy atom. The molecule has 0 unspecified atom stereocenters. The summed E-state index contributed by atoms with van der Waals surface area (Å²) in [6, 6.07) is 23.8. The number of benzene rings is 3. The molecule has 24 heavy (non-hydrogen) atoms. The van der Waals surface area contributed by atoms with Crippen molar-refractivity contribution in [2.75, 3.05) is 0 Å². The predicted octanol–water partition coefficient (Wildman–Crippen LogP) is 4.90. The summed E-state index contributed by atoms with van der Waals surface area (Å²) in [4.78, 5) is 11.0. The molecule has 0 radical (unpaired) electrons. The van der Waals surface area contributed by atoms with E-state index in [1.807, 2.05) is 48.5 Å². The Morgan fingerprint density at radius 2 is 1.38 bits per heavy atom. The maximum atomic E-state index is 11.0. The molecule has 3 aromatic rings. The average Bonchev–Trinajstić information content (AvgIpc) is 2.57. The largest absolute Gasteiger partial charge is 0.481 e. The van der Waals surface area contributed by atoms with Crippen molar-refractivity contribution in [2.45, 2.75) is 6.42 Å². The Balaban J connectivity index is 1.79. The van der Waals surface area contributed by atoms with Gasteiger partial charge in [0.1, 0.15) is 23.0 Å². The van der Waals surface area contributed by atoms with Gasteiger partial charge in [0.2, 0.25) is 0 Å². The lowest BCUT2D eigenvalue weighted by Gasteiger charge is -2.11. The van der Waals surface area contributed by atoms with Crippen molar-refractivity contribution in [3.8, 4) is 23.0 Å². The number of rotatable bonds is 6. The second kappa shape index (κ2) is 7.33. The molecule has 1 N–H and O–H groups in total. The molecule has 0 fully saturated rings. The van der Waals surface area contributed by atoms with Crippen molar-refractivity contribution in [3.05, 3.63) is 84.4 Å². The van der Waals surface area contributed by atoms with Gasteiger partial charge in [0.05, 0.1) is 6.42 Å². The Labute approximate surface area is 139 Å². The standard InChI is InChI=1S/C20H16O4/c21-20(22)13-15-7-4-5-12-19(15)24-18-11-6-10-17(14-18)23-16-8-2-1-3-9-16/h1-12,14H,13H2,(H,21,22). The first kappa shape index (κ1) is 15.6. The third kappa shape index (κ3) is 4.14. The molecule has 0 atom stereocenters. The van der Waals surface area contributed by atoms with Crippen LogP contribution in [0.4, 0.5) is 0 Å². The van der Waals surface area contributed by atoms with E-state index in [1.165, 1.54) is 0 Å². The molecule has 0 spiro atoms. The van der Waals surface area contributed by atoms with Gasteiger partial charge in [-0.3, -0.25) is 4.79 Å². The van der Waals surface area contributed by atoms with Crippen molar-refractivity contribution < 1.29 is 19.4 Å². The number of ether oxygens (including phenoxy) is 2. The summed E-state index contributed by atoms with van der Waals surface area (Å²) < 4.78 is 11.6. The molecule has 0 amide bonds. The fourth-order valence-corrected chi connectivity index (χ4v) is 2.27. The van der Waals surface area contributed by atoms with Crippen LogP contribution in [0.2, 0.25) is 0 Å². The number of carboxylic acids is 1. The molecule has 3 aromatic carbocycles. The van der Waals surface area contributed by atoms with Gasteiger partial charge in [0, 0.05) is 11.6 Å². The zero-order valence-electron chi connectivity index (χ0n) is 12.9. The lowest BCUT2D eigenvalue weighted by Crippen LogP contribution is -2.01. The number of carboxylic acid groups (broad SMARTS) is 1. The van der Waals surface area contributed by atoms with E-state index in [2.05, 4.69) is 0 Å². The van der Waals surface area contributed by atoms with Crippen molar-refractivity contribution in [1.82, 2.24) is 0 Å². The van der Waals surface area contributed by atoms with Crippen molar-refractivity contribution >= 4 is 5.97 Å². The molecule has 0 saturated carbocycles. The third-order valence-corrected chi connectivity index (χ3v) is 3.33. The molecule has 0 aliphatic heterocycles. The van der Waals surface area contributed by atoms with Gasteiger partial charge in [-0.25, -0.2) is 0 Å². The van der Waals surface area contributed by atoms with Crippen LogP contribution in [0.5, 0.6) is 23.0 Å². The second-order valence-electron chi connectivity index (χ2n) is 5.17. The highest BCUT2D eigenvalue weighted by molar-refractivity contribution is 5.71. The molecule has 0 heterocycles. The molecule has 0 aliphatic rings. The Kier molecular flexibility index (Phi) is 4.77. The molecule has 0 saturated heterocycles. The molecule has 4 heteroatoms. The normalized spacial score (nSPS) is 10.2. The SMILES string of the molecule is O=C(O)Cc1ccccc1Oc1cccc(Oc2ccccc2)c1. The van der Waals surface area contributed by atoms with Crippen LogP contribution in [-0.4, -0.2) is 11.1 Å². The first-order valence-electron chi connectivity index (χ1n) is 7.51. The van der Waals surface area contributed by atoms with Gasteiger partial charge in [-0.15, -0.1) is 0 Å². The minimum absolute atomic E-state index is 0.0869. The Morgan fingerprint density at radius 1 is 0.750 bits per heavy atom. The molecule has 0 bridgehead atoms. The average molecular weight is 320 g/mol. The summed E-state index contributed by atoms with van der Waals surface area (Å²) in [5, 5.41) is 8.99. The van der Waals surface area contributed by atoms with Gasteiger partial charge < -0.3 is 14.6 Å². The van der Waals surface area contributed by atoms with Crippen molar-refractivity contribution in [1.29, 1.82) is 0 Å². The van der Waals surface area contributed by atoms with E-state index in [4.69, 9.17) is 14.6 Å². The highest BCUT2D eigenvalue weighted by Gasteiger charge is 2.09. The van der Waals surface area contributed by atoms with E-state index in [1.54, 1.807) is 30.3 Å². The van der Waals surface area contributed by atoms with E-state index in [9.17, 15) is 4.79 Å². The molecular weight excluding hydrogens is 304 g/mol. The van der Waals surface area contributed by atoms with Crippen LogP contribution in [0.25, 0.3) is 0 Å². The summed E-state index contributed by atoms with van der Waals surface area (Å²) in [6.45, 7) is 0. The van der Waals surface area contributed by atoms with Gasteiger partial charge in [0.15, 0.2) is 0 Å². The second-order valence-corrected chi connectivity index (χ2v) is 5.17. The maximum Gasteiger partial charge on any atom is 0.307 e. The summed E-state index contributed by atoms with van der Waals surface area (Å²) in [7, 11) is 0. The first-order valence-corrected chi connectivity index (χ1v) is 7.51. The summed E-state index contributed by atoms with van der Waals surface area (Å²) in [5.41, 5.74) is 0.624. The minimum Gasteiger partial charge on any atom is -0.481 e. The highest BCUT2D eigenvalue weighted by atomic mass is 16.5. The first-order chi connectivity index (χ1) is 11.7. The number of hydrogen-bond donors (Lipinski definition) is 1. The van der Waals surface area contributed by atoms with Gasteiger partial charge in [0.25, 0.3) is 0 Å². The molecule has 4 nitrogen and oxygen atoms in total. The lowest BCUT2D eigenvalue weighted by atomic mass is 10.1. The van der Waals surface area contributed by atoms with E-state index in [0.29, 0.717) is 22.8 Å². The van der Waals surface area contributed by atoms with E-state index >= 15 is 0 Å². The molecule has 3 rings (SSSR count). The zero-order chi connectivity index (χ0) is 16.8. The Hall–Kier alpha value is -3.27. The van der Waals surface area contributed by atoms with E-state index in [0.717, 1.165) is 5.75 Å². The van der Waals surface area contributed by atoms with Crippen LogP contribution in [-0.2, 0) is 11.2 Å². The monoisotopic (exact) mass is 320 g/mol. The van der Waals surface area contributed by atoms with E-state index < -0.39 is 5.97 Å². The van der Waals surface area contributed by atoms with Crippen LogP contribution >= 0.6 is 0 Å². The zero-order valence-corrected chi connectivity index (χ0v) is 12.9. The fourth-order valence-electron chi connectivity index (χ4n) is 2.27. The maximum absolute atomic E-state index is 11.0. The van der Waals surface area contributed by atoms with Crippen molar-refractivity contribution in [3.63, 3.8) is 0 Å². The highest BCUT2D eigenvalue weighted by Crippen LogP contribution is 2.30. The predicted molar refractivity (Wildman–Crippen MR) is 90.8 cm³/mol. The number of para-hydroxylation sites is 2. The molecule has 0 aromatic heterocycles. The quantitative estimate of drug-likeness (QED) is 0.702. The smallest absolute Gasteiger partial charge is 0.307 e. The van der Waals surface area contributed by atoms with Crippen molar-refractivity contribution in [2.24, 2.45) is 0 Å². The molecule has 0 aliphatic carbocycles. The fraction of sp³-hybridized carbons (Fsp3) is 0.0500. The van der Waals surface area contributed by atoms with Crippen LogP contribution in [0.15, 0.2) is 78.9 Å². The molecule has 120 valence electrons. The number of carbonyl (C=O) groups is 1. The summed E-state index contributed by atoms with van der Waals surface area (Å²) >= 11 is 0. The number of aliphatic carboxylic acids is 1. The number of hydrogen-bond acceptors (Lipinski definition) is 3. The van der Waals surface area contributed by atoms with Crippen LogP contribution in [0, 0.1) is 0 Å². The summed E-state index contributed by atoms with van der Waals surface area (Å²) in [6.07, 6.45) is -0.0869. The third-order valence-electron chi connectivity index (χ3n) is 3.33. The molecular formula is C20H16O4. The van der Waals surface area contributed by atoms with Crippen LogP contribution < -0.4 is 9.47 Å². The lowest BCUT2D eigenvalue weighted by molar-refractivity contribution is -0.136. The Bertz CT molecular complexity index is 828. The minimum atomic E-state index is -0.896.